The smallest absolute Gasteiger partial charge is 0.173 e. The van der Waals surface area contributed by atoms with E-state index in [0.717, 1.165) is 6.42 Å². The molecule has 0 saturated carbocycles. The van der Waals surface area contributed by atoms with Crippen molar-refractivity contribution >= 4 is 0 Å². The van der Waals surface area contributed by atoms with Gasteiger partial charge in [-0.05, 0) is 11.8 Å². The summed E-state index contributed by atoms with van der Waals surface area (Å²) in [7, 11) is 6.38. The Morgan fingerprint density at radius 2 is 1.88 bits per heavy atom. The normalized spacial score (nSPS) is 12.0. The van der Waals surface area contributed by atoms with Gasteiger partial charge in [0.25, 0.3) is 0 Å². The molecule has 0 N–H and O–H groups in total. The SMILES string of the molecule is [C]OCCC(C)(C)C. The first kappa shape index (κ1) is 7.96. The molecule has 8 heavy (non-hydrogen) atoms. The summed E-state index contributed by atoms with van der Waals surface area (Å²) in [5.74, 6) is 0. The number of hydrogen-bond acceptors (Lipinski definition) is 1. The maximum atomic E-state index is 6.38. The van der Waals surface area contributed by atoms with Gasteiger partial charge < -0.3 is 4.74 Å². The molecule has 0 aromatic carbocycles. The molecule has 0 saturated heterocycles. The maximum Gasteiger partial charge on any atom is 0.173 e. The molecule has 0 fully saturated rings. The van der Waals surface area contributed by atoms with E-state index in [4.69, 9.17) is 7.11 Å². The van der Waals surface area contributed by atoms with Crippen LogP contribution in [0.25, 0.3) is 0 Å². The Morgan fingerprint density at radius 1 is 1.38 bits per heavy atom. The lowest BCUT2D eigenvalue weighted by Gasteiger charge is -2.15. The van der Waals surface area contributed by atoms with Crippen LogP contribution in [0.3, 0.4) is 0 Å². The summed E-state index contributed by atoms with van der Waals surface area (Å²) in [5, 5.41) is 0. The first-order valence-corrected chi connectivity index (χ1v) is 2.85. The molecular weight excluding hydrogens is 100 g/mol. The van der Waals surface area contributed by atoms with Crippen LogP contribution in [-0.2, 0) is 4.74 Å². The maximum absolute atomic E-state index is 6.38. The molecule has 3 radical (unpaired) electrons. The average Bonchev–Trinajstić information content (AvgIpc) is 1.59. The minimum absolute atomic E-state index is 0.307. The molecule has 47 valence electrons. The summed E-state index contributed by atoms with van der Waals surface area (Å²) in [4.78, 5) is 0. The fraction of sp³-hybridized carbons (Fsp3) is 0.857. The predicted octanol–water partition coefficient (Wildman–Crippen LogP) is 1.98. The van der Waals surface area contributed by atoms with Crippen LogP contribution in [-0.4, -0.2) is 6.61 Å². The van der Waals surface area contributed by atoms with Crippen LogP contribution in [0.5, 0.6) is 0 Å². The van der Waals surface area contributed by atoms with Gasteiger partial charge in [0.2, 0.25) is 0 Å². The third-order valence-corrected chi connectivity index (χ3v) is 0.954. The van der Waals surface area contributed by atoms with E-state index in [0.29, 0.717) is 12.0 Å². The standard InChI is InChI=1S/C7H13O/c1-7(2,3)5-6-8-4/h5-6H2,1-3H3. The fourth-order valence-electron chi connectivity index (χ4n) is 0.357. The highest BCUT2D eigenvalue weighted by Crippen LogP contribution is 2.17. The zero-order chi connectivity index (χ0) is 6.62. The zero-order valence-corrected chi connectivity index (χ0v) is 5.82. The van der Waals surface area contributed by atoms with Gasteiger partial charge in [-0.25, -0.2) is 0 Å². The van der Waals surface area contributed by atoms with E-state index in [-0.39, 0.29) is 0 Å². The molecule has 0 aliphatic rings. The molecule has 0 heterocycles. The molecular formula is C7H13O. The minimum atomic E-state index is 0.307. The molecule has 0 atom stereocenters. The van der Waals surface area contributed by atoms with E-state index < -0.39 is 0 Å². The average molecular weight is 113 g/mol. The Bertz CT molecular complexity index is 51.9. The van der Waals surface area contributed by atoms with E-state index in [9.17, 15) is 0 Å². The largest absolute Gasteiger partial charge is 0.365 e. The molecule has 0 unspecified atom stereocenters. The van der Waals surface area contributed by atoms with Gasteiger partial charge in [-0.2, -0.15) is 0 Å². The number of rotatable bonds is 2. The van der Waals surface area contributed by atoms with Gasteiger partial charge in [0.05, 0.1) is 0 Å². The second kappa shape index (κ2) is 3.08. The monoisotopic (exact) mass is 113 g/mol. The Hall–Kier alpha value is -0.0400. The first-order chi connectivity index (χ1) is 3.56. The lowest BCUT2D eigenvalue weighted by atomic mass is 9.93. The molecule has 0 aromatic heterocycles. The summed E-state index contributed by atoms with van der Waals surface area (Å²) in [6, 6.07) is 0. The van der Waals surface area contributed by atoms with Crippen molar-refractivity contribution in [3.63, 3.8) is 0 Å². The van der Waals surface area contributed by atoms with E-state index in [1.807, 2.05) is 0 Å². The molecule has 0 aliphatic carbocycles. The van der Waals surface area contributed by atoms with Gasteiger partial charge in [-0.15, -0.1) is 0 Å². The van der Waals surface area contributed by atoms with Gasteiger partial charge >= 0.3 is 0 Å². The first-order valence-electron chi connectivity index (χ1n) is 2.85. The molecule has 1 nitrogen and oxygen atoms in total. The Labute approximate surface area is 52.0 Å². The van der Waals surface area contributed by atoms with Crippen molar-refractivity contribution in [1.82, 2.24) is 0 Å². The van der Waals surface area contributed by atoms with Crippen LogP contribution in [0.15, 0.2) is 0 Å². The third-order valence-electron chi connectivity index (χ3n) is 0.954. The van der Waals surface area contributed by atoms with Crippen molar-refractivity contribution in [3.8, 4) is 0 Å². The Balaban J connectivity index is 3.11. The van der Waals surface area contributed by atoms with Crippen molar-refractivity contribution in [3.05, 3.63) is 7.11 Å². The quantitative estimate of drug-likeness (QED) is 0.532. The third kappa shape index (κ3) is 5.96. The van der Waals surface area contributed by atoms with Crippen molar-refractivity contribution in [2.45, 2.75) is 27.2 Å². The van der Waals surface area contributed by atoms with Gasteiger partial charge in [0, 0.05) is 6.61 Å². The predicted molar refractivity (Wildman–Crippen MR) is 33.3 cm³/mol. The molecule has 0 spiro atoms. The van der Waals surface area contributed by atoms with Gasteiger partial charge in [0.15, 0.2) is 7.11 Å². The molecule has 1 heteroatoms. The van der Waals surface area contributed by atoms with Crippen LogP contribution in [0.2, 0.25) is 0 Å². The highest BCUT2D eigenvalue weighted by Gasteiger charge is 2.07. The van der Waals surface area contributed by atoms with E-state index >= 15 is 0 Å². The fourth-order valence-corrected chi connectivity index (χ4v) is 0.357. The van der Waals surface area contributed by atoms with Crippen molar-refractivity contribution in [2.24, 2.45) is 5.41 Å². The number of hydrogen-bond donors (Lipinski definition) is 0. The lowest BCUT2D eigenvalue weighted by Crippen LogP contribution is -2.07. The highest BCUT2D eigenvalue weighted by molar-refractivity contribution is 4.59. The summed E-state index contributed by atoms with van der Waals surface area (Å²) in [6.45, 7) is 6.94. The summed E-state index contributed by atoms with van der Waals surface area (Å²) in [6.07, 6.45) is 0.955. The molecule has 0 bridgehead atoms. The molecule has 0 rings (SSSR count). The minimum Gasteiger partial charge on any atom is -0.365 e. The van der Waals surface area contributed by atoms with Gasteiger partial charge in [0.1, 0.15) is 0 Å². The van der Waals surface area contributed by atoms with Crippen LogP contribution in [0, 0.1) is 12.5 Å². The van der Waals surface area contributed by atoms with E-state index in [1.165, 1.54) is 0 Å². The Morgan fingerprint density at radius 3 is 2.00 bits per heavy atom. The van der Waals surface area contributed by atoms with E-state index in [1.54, 1.807) is 0 Å². The highest BCUT2D eigenvalue weighted by atomic mass is 16.5. The van der Waals surface area contributed by atoms with Gasteiger partial charge in [-0.3, -0.25) is 0 Å². The van der Waals surface area contributed by atoms with Crippen LogP contribution < -0.4 is 0 Å². The van der Waals surface area contributed by atoms with Crippen LogP contribution >= 0.6 is 0 Å². The van der Waals surface area contributed by atoms with Crippen molar-refractivity contribution in [2.75, 3.05) is 6.61 Å². The molecule has 0 amide bonds. The second-order valence-electron chi connectivity index (χ2n) is 3.16. The van der Waals surface area contributed by atoms with E-state index in [2.05, 4.69) is 25.5 Å². The summed E-state index contributed by atoms with van der Waals surface area (Å²) < 4.78 is 4.17. The second-order valence-corrected chi connectivity index (χ2v) is 3.16. The topological polar surface area (TPSA) is 9.23 Å². The lowest BCUT2D eigenvalue weighted by molar-refractivity contribution is 0.192. The molecule has 0 aromatic rings. The summed E-state index contributed by atoms with van der Waals surface area (Å²) in [5.41, 5.74) is 0.307. The Kier molecular flexibility index (Phi) is 3.06. The molecule has 0 aliphatic heterocycles. The number of ether oxygens (including phenoxy) is 1. The van der Waals surface area contributed by atoms with Crippen molar-refractivity contribution < 1.29 is 4.74 Å². The van der Waals surface area contributed by atoms with Gasteiger partial charge in [-0.1, -0.05) is 20.8 Å². The zero-order valence-electron chi connectivity index (χ0n) is 5.82. The van der Waals surface area contributed by atoms with Crippen LogP contribution in [0.4, 0.5) is 0 Å². The van der Waals surface area contributed by atoms with Crippen LogP contribution in [0.1, 0.15) is 27.2 Å². The van der Waals surface area contributed by atoms with Crippen molar-refractivity contribution in [1.29, 1.82) is 0 Å². The summed E-state index contributed by atoms with van der Waals surface area (Å²) >= 11 is 0.